The number of carbonyl (C=O) groups is 1. The summed E-state index contributed by atoms with van der Waals surface area (Å²) in [5, 5.41) is 0. The average molecular weight is 264 g/mol. The summed E-state index contributed by atoms with van der Waals surface area (Å²) in [5.74, 6) is 5.98. The SMILES string of the molecule is CCOC(=O)C#Cc1c(OC)cc(OC)cc1OC. The number of ether oxygens (including phenoxy) is 4. The van der Waals surface area contributed by atoms with Crippen molar-refractivity contribution >= 4 is 5.97 Å². The Morgan fingerprint density at radius 3 is 2.11 bits per heavy atom. The molecular weight excluding hydrogens is 248 g/mol. The Hall–Kier alpha value is -2.35. The van der Waals surface area contributed by atoms with Crippen molar-refractivity contribution in [3.8, 4) is 29.1 Å². The van der Waals surface area contributed by atoms with E-state index in [0.717, 1.165) is 0 Å². The molecule has 0 aromatic heterocycles. The standard InChI is InChI=1S/C14H16O5/c1-5-19-14(15)7-6-11-12(17-3)8-10(16-2)9-13(11)18-4/h8-9H,5H2,1-4H3. The number of hydrogen-bond donors (Lipinski definition) is 0. The van der Waals surface area contributed by atoms with E-state index in [1.54, 1.807) is 19.1 Å². The summed E-state index contributed by atoms with van der Waals surface area (Å²) in [4.78, 5) is 11.2. The topological polar surface area (TPSA) is 54.0 Å². The molecule has 0 aliphatic carbocycles. The Balaban J connectivity index is 3.20. The molecule has 0 unspecified atom stereocenters. The van der Waals surface area contributed by atoms with Gasteiger partial charge in [-0.3, -0.25) is 0 Å². The first-order valence-electron chi connectivity index (χ1n) is 5.65. The van der Waals surface area contributed by atoms with Crippen LogP contribution in [-0.4, -0.2) is 33.9 Å². The second-order valence-corrected chi connectivity index (χ2v) is 3.38. The Morgan fingerprint density at radius 2 is 1.68 bits per heavy atom. The Morgan fingerprint density at radius 1 is 1.11 bits per heavy atom. The van der Waals surface area contributed by atoms with E-state index in [9.17, 15) is 4.79 Å². The van der Waals surface area contributed by atoms with Gasteiger partial charge in [-0.25, -0.2) is 4.79 Å². The van der Waals surface area contributed by atoms with Crippen LogP contribution >= 0.6 is 0 Å². The minimum atomic E-state index is -0.595. The lowest BCUT2D eigenvalue weighted by molar-refractivity contribution is -0.136. The lowest BCUT2D eigenvalue weighted by atomic mass is 10.1. The fourth-order valence-corrected chi connectivity index (χ4v) is 1.41. The average Bonchev–Trinajstić information content (AvgIpc) is 2.44. The van der Waals surface area contributed by atoms with Gasteiger partial charge in [0.05, 0.1) is 27.9 Å². The summed E-state index contributed by atoms with van der Waals surface area (Å²) < 4.78 is 20.3. The first-order valence-corrected chi connectivity index (χ1v) is 5.65. The molecule has 5 nitrogen and oxygen atoms in total. The molecule has 1 rings (SSSR count). The van der Waals surface area contributed by atoms with Crippen molar-refractivity contribution in [3.05, 3.63) is 17.7 Å². The third kappa shape index (κ3) is 3.81. The number of carbonyl (C=O) groups excluding carboxylic acids is 1. The number of methoxy groups -OCH3 is 3. The van der Waals surface area contributed by atoms with Crippen molar-refractivity contribution in [1.82, 2.24) is 0 Å². The van der Waals surface area contributed by atoms with Crippen LogP contribution in [0.2, 0.25) is 0 Å². The molecule has 0 spiro atoms. The molecule has 19 heavy (non-hydrogen) atoms. The molecule has 1 aromatic rings. The van der Waals surface area contributed by atoms with E-state index in [1.807, 2.05) is 0 Å². The van der Waals surface area contributed by atoms with E-state index in [1.165, 1.54) is 21.3 Å². The Bertz CT molecular complexity index is 485. The van der Waals surface area contributed by atoms with Crippen LogP contribution in [0.4, 0.5) is 0 Å². The van der Waals surface area contributed by atoms with Crippen LogP contribution < -0.4 is 14.2 Å². The van der Waals surface area contributed by atoms with Gasteiger partial charge >= 0.3 is 5.97 Å². The van der Waals surface area contributed by atoms with E-state index >= 15 is 0 Å². The van der Waals surface area contributed by atoms with E-state index in [-0.39, 0.29) is 6.61 Å². The summed E-state index contributed by atoms with van der Waals surface area (Å²) in [6.45, 7) is 2.00. The van der Waals surface area contributed by atoms with Crippen molar-refractivity contribution in [1.29, 1.82) is 0 Å². The molecule has 1 aromatic carbocycles. The highest BCUT2D eigenvalue weighted by atomic mass is 16.5. The molecule has 0 saturated heterocycles. The minimum Gasteiger partial charge on any atom is -0.496 e. The van der Waals surface area contributed by atoms with Gasteiger partial charge < -0.3 is 18.9 Å². The second kappa shape index (κ2) is 7.17. The minimum absolute atomic E-state index is 0.282. The smallest absolute Gasteiger partial charge is 0.384 e. The van der Waals surface area contributed by atoms with Gasteiger partial charge in [-0.05, 0) is 12.8 Å². The highest BCUT2D eigenvalue weighted by Gasteiger charge is 2.11. The van der Waals surface area contributed by atoms with Gasteiger partial charge in [-0.2, -0.15) is 0 Å². The maximum atomic E-state index is 11.2. The Kier molecular flexibility index (Phi) is 5.55. The van der Waals surface area contributed by atoms with Gasteiger partial charge in [-0.15, -0.1) is 0 Å². The summed E-state index contributed by atoms with van der Waals surface area (Å²) in [6.07, 6.45) is 0. The summed E-state index contributed by atoms with van der Waals surface area (Å²) in [5.41, 5.74) is 0.471. The molecule has 0 fully saturated rings. The molecule has 0 atom stereocenters. The molecule has 0 aliphatic rings. The van der Waals surface area contributed by atoms with Crippen molar-refractivity contribution < 1.29 is 23.7 Å². The van der Waals surface area contributed by atoms with Crippen molar-refractivity contribution in [2.75, 3.05) is 27.9 Å². The molecule has 0 heterocycles. The first-order chi connectivity index (χ1) is 9.15. The molecule has 0 N–H and O–H groups in total. The van der Waals surface area contributed by atoms with Crippen LogP contribution in [0.3, 0.4) is 0 Å². The second-order valence-electron chi connectivity index (χ2n) is 3.38. The van der Waals surface area contributed by atoms with Crippen LogP contribution in [0.1, 0.15) is 12.5 Å². The quantitative estimate of drug-likeness (QED) is 0.611. The third-order valence-corrected chi connectivity index (χ3v) is 2.28. The van der Waals surface area contributed by atoms with Gasteiger partial charge in [0.1, 0.15) is 22.8 Å². The zero-order valence-electron chi connectivity index (χ0n) is 11.4. The van der Waals surface area contributed by atoms with Gasteiger partial charge in [0.25, 0.3) is 0 Å². The predicted molar refractivity (Wildman–Crippen MR) is 69.6 cm³/mol. The highest BCUT2D eigenvalue weighted by Crippen LogP contribution is 2.33. The fourth-order valence-electron chi connectivity index (χ4n) is 1.41. The van der Waals surface area contributed by atoms with Crippen LogP contribution in [-0.2, 0) is 9.53 Å². The van der Waals surface area contributed by atoms with Gasteiger partial charge in [0, 0.05) is 18.1 Å². The fraction of sp³-hybridized carbons (Fsp3) is 0.357. The van der Waals surface area contributed by atoms with E-state index in [0.29, 0.717) is 22.8 Å². The number of hydrogen-bond acceptors (Lipinski definition) is 5. The van der Waals surface area contributed by atoms with Gasteiger partial charge in [-0.1, -0.05) is 0 Å². The van der Waals surface area contributed by atoms with Crippen molar-refractivity contribution in [2.45, 2.75) is 6.92 Å². The lowest BCUT2D eigenvalue weighted by Crippen LogP contribution is -2.00. The van der Waals surface area contributed by atoms with Crippen molar-refractivity contribution in [3.63, 3.8) is 0 Å². The molecule has 0 bridgehead atoms. The monoisotopic (exact) mass is 264 g/mol. The van der Waals surface area contributed by atoms with Crippen LogP contribution in [0, 0.1) is 11.8 Å². The molecule has 102 valence electrons. The van der Waals surface area contributed by atoms with Crippen molar-refractivity contribution in [2.24, 2.45) is 0 Å². The molecule has 0 aliphatic heterocycles. The zero-order valence-corrected chi connectivity index (χ0v) is 11.4. The van der Waals surface area contributed by atoms with E-state index < -0.39 is 5.97 Å². The molecule has 0 radical (unpaired) electrons. The number of rotatable bonds is 4. The number of esters is 1. The highest BCUT2D eigenvalue weighted by molar-refractivity contribution is 5.89. The maximum Gasteiger partial charge on any atom is 0.384 e. The summed E-state index contributed by atoms with van der Waals surface area (Å²) in [7, 11) is 4.55. The van der Waals surface area contributed by atoms with Gasteiger partial charge in [0.15, 0.2) is 0 Å². The summed E-state index contributed by atoms with van der Waals surface area (Å²) in [6, 6.07) is 3.33. The van der Waals surface area contributed by atoms with Crippen LogP contribution in [0.5, 0.6) is 17.2 Å². The first kappa shape index (κ1) is 14.7. The van der Waals surface area contributed by atoms with Crippen LogP contribution in [0.25, 0.3) is 0 Å². The molecule has 0 saturated carbocycles. The number of benzene rings is 1. The third-order valence-electron chi connectivity index (χ3n) is 2.28. The summed E-state index contributed by atoms with van der Waals surface area (Å²) >= 11 is 0. The Labute approximate surface area is 112 Å². The molecule has 5 heteroatoms. The molecular formula is C14H16O5. The van der Waals surface area contributed by atoms with E-state index in [2.05, 4.69) is 11.8 Å². The van der Waals surface area contributed by atoms with Gasteiger partial charge in [0.2, 0.25) is 0 Å². The van der Waals surface area contributed by atoms with E-state index in [4.69, 9.17) is 18.9 Å². The maximum absolute atomic E-state index is 11.2. The normalized spacial score (nSPS) is 9.05. The zero-order chi connectivity index (χ0) is 14.3. The van der Waals surface area contributed by atoms with Crippen LogP contribution in [0.15, 0.2) is 12.1 Å². The molecule has 0 amide bonds. The largest absolute Gasteiger partial charge is 0.496 e. The predicted octanol–water partition coefficient (Wildman–Crippen LogP) is 1.63. The lowest BCUT2D eigenvalue weighted by Gasteiger charge is -2.10.